The largest absolute Gasteiger partial charge is 0.302 e. The molecule has 116 valence electrons. The topological polar surface area (TPSA) is 42.0 Å². The van der Waals surface area contributed by atoms with Gasteiger partial charge in [-0.25, -0.2) is 9.37 Å². The molecule has 0 unspecified atom stereocenters. The Morgan fingerprint density at radius 2 is 2.00 bits per heavy atom. The van der Waals surface area contributed by atoms with Gasteiger partial charge in [0, 0.05) is 17.4 Å². The van der Waals surface area contributed by atoms with Crippen molar-refractivity contribution in [3.8, 4) is 11.3 Å². The Balaban J connectivity index is 1.54. The van der Waals surface area contributed by atoms with Crippen LogP contribution in [-0.2, 0) is 4.79 Å². The molecule has 1 aromatic carbocycles. The van der Waals surface area contributed by atoms with Gasteiger partial charge in [0.05, 0.1) is 5.69 Å². The Hall–Kier alpha value is -1.75. The van der Waals surface area contributed by atoms with Crippen LogP contribution in [-0.4, -0.2) is 10.9 Å². The first-order valence-electron chi connectivity index (χ1n) is 7.72. The van der Waals surface area contributed by atoms with Crippen molar-refractivity contribution < 1.29 is 9.18 Å². The summed E-state index contributed by atoms with van der Waals surface area (Å²) in [6.45, 7) is 0. The van der Waals surface area contributed by atoms with Gasteiger partial charge < -0.3 is 5.32 Å². The van der Waals surface area contributed by atoms with Crippen molar-refractivity contribution in [1.29, 1.82) is 0 Å². The molecule has 1 heterocycles. The highest BCUT2D eigenvalue weighted by atomic mass is 32.1. The Morgan fingerprint density at radius 1 is 1.27 bits per heavy atom. The lowest BCUT2D eigenvalue weighted by molar-refractivity contribution is -0.116. The smallest absolute Gasteiger partial charge is 0.226 e. The molecule has 0 aliphatic heterocycles. The van der Waals surface area contributed by atoms with E-state index in [1.54, 1.807) is 12.1 Å². The summed E-state index contributed by atoms with van der Waals surface area (Å²) in [4.78, 5) is 16.4. The summed E-state index contributed by atoms with van der Waals surface area (Å²) in [5, 5.41) is 5.34. The lowest BCUT2D eigenvalue weighted by Gasteiger charge is -2.07. The molecule has 1 saturated carbocycles. The second-order valence-corrected chi connectivity index (χ2v) is 6.64. The summed E-state index contributed by atoms with van der Waals surface area (Å²) in [6.07, 6.45) is 6.68. The van der Waals surface area contributed by atoms with E-state index in [2.05, 4.69) is 10.3 Å². The first-order valence-corrected chi connectivity index (χ1v) is 8.60. The van der Waals surface area contributed by atoms with E-state index in [9.17, 15) is 9.18 Å². The number of hydrogen-bond acceptors (Lipinski definition) is 3. The van der Waals surface area contributed by atoms with Crippen LogP contribution in [0.4, 0.5) is 9.52 Å². The number of carbonyl (C=O) groups excluding carboxylic acids is 1. The van der Waals surface area contributed by atoms with E-state index in [1.165, 1.54) is 49.2 Å². The van der Waals surface area contributed by atoms with Gasteiger partial charge >= 0.3 is 0 Å². The summed E-state index contributed by atoms with van der Waals surface area (Å²) >= 11 is 1.40. The first kappa shape index (κ1) is 15.2. The van der Waals surface area contributed by atoms with Gasteiger partial charge in [-0.3, -0.25) is 4.79 Å². The second kappa shape index (κ2) is 7.01. The van der Waals surface area contributed by atoms with Crippen LogP contribution >= 0.6 is 11.3 Å². The minimum atomic E-state index is -0.264. The summed E-state index contributed by atoms with van der Waals surface area (Å²) in [5.74, 6) is 0.489. The summed E-state index contributed by atoms with van der Waals surface area (Å²) in [6, 6.07) is 6.20. The fourth-order valence-corrected chi connectivity index (χ4v) is 3.64. The molecule has 1 N–H and O–H groups in total. The number of nitrogens with one attached hydrogen (secondary N) is 1. The predicted octanol–water partition coefficient (Wildman–Crippen LogP) is 4.86. The van der Waals surface area contributed by atoms with Crippen LogP contribution in [0.15, 0.2) is 29.6 Å². The van der Waals surface area contributed by atoms with Gasteiger partial charge in [0.2, 0.25) is 5.91 Å². The summed E-state index contributed by atoms with van der Waals surface area (Å²) in [7, 11) is 0. The average Bonchev–Trinajstić information content (AvgIpc) is 3.17. The number of amides is 1. The summed E-state index contributed by atoms with van der Waals surface area (Å²) in [5.41, 5.74) is 1.61. The molecule has 0 saturated heterocycles. The lowest BCUT2D eigenvalue weighted by atomic mass is 10.0. The molecule has 0 spiro atoms. The van der Waals surface area contributed by atoms with Crippen molar-refractivity contribution in [3.05, 3.63) is 35.5 Å². The molecule has 0 bridgehead atoms. The van der Waals surface area contributed by atoms with Crippen molar-refractivity contribution in [1.82, 2.24) is 4.98 Å². The molecule has 5 heteroatoms. The Bertz CT molecular complexity index is 632. The van der Waals surface area contributed by atoms with Crippen LogP contribution in [0.5, 0.6) is 0 Å². The minimum absolute atomic E-state index is 0.0342. The second-order valence-electron chi connectivity index (χ2n) is 5.78. The standard InChI is InChI=1S/C17H19FN2OS/c18-14-8-6-13(7-9-14)15-11-22-17(19-15)20-16(21)10-5-12-3-1-2-4-12/h6-9,11-12H,1-5,10H2,(H,19,20,21). The fraction of sp³-hybridized carbons (Fsp3) is 0.412. The number of halogens is 1. The van der Waals surface area contributed by atoms with E-state index >= 15 is 0 Å². The van der Waals surface area contributed by atoms with Crippen LogP contribution in [0.3, 0.4) is 0 Å². The highest BCUT2D eigenvalue weighted by Crippen LogP contribution is 2.29. The van der Waals surface area contributed by atoms with Gasteiger partial charge in [-0.15, -0.1) is 11.3 Å². The monoisotopic (exact) mass is 318 g/mol. The minimum Gasteiger partial charge on any atom is -0.302 e. The predicted molar refractivity (Wildman–Crippen MR) is 87.3 cm³/mol. The van der Waals surface area contributed by atoms with Gasteiger partial charge in [-0.1, -0.05) is 25.7 Å². The summed E-state index contributed by atoms with van der Waals surface area (Å²) < 4.78 is 12.9. The van der Waals surface area contributed by atoms with Gasteiger partial charge in [0.1, 0.15) is 5.82 Å². The maximum absolute atomic E-state index is 12.9. The fourth-order valence-electron chi connectivity index (χ4n) is 2.90. The Kier molecular flexibility index (Phi) is 4.83. The normalized spacial score (nSPS) is 15.1. The SMILES string of the molecule is O=C(CCC1CCCC1)Nc1nc(-c2ccc(F)cc2)cs1. The molecule has 3 rings (SSSR count). The zero-order valence-electron chi connectivity index (χ0n) is 12.3. The number of hydrogen-bond donors (Lipinski definition) is 1. The maximum Gasteiger partial charge on any atom is 0.226 e. The lowest BCUT2D eigenvalue weighted by Crippen LogP contribution is -2.12. The molecule has 1 aliphatic carbocycles. The zero-order valence-corrected chi connectivity index (χ0v) is 13.2. The molecular formula is C17H19FN2OS. The zero-order chi connectivity index (χ0) is 15.4. The van der Waals surface area contributed by atoms with Gasteiger partial charge in [-0.2, -0.15) is 0 Å². The van der Waals surface area contributed by atoms with Crippen molar-refractivity contribution >= 4 is 22.4 Å². The molecule has 22 heavy (non-hydrogen) atoms. The number of nitrogens with zero attached hydrogens (tertiary/aromatic N) is 1. The van der Waals surface area contributed by atoms with E-state index < -0.39 is 0 Å². The first-order chi connectivity index (χ1) is 10.7. The Morgan fingerprint density at radius 3 is 2.73 bits per heavy atom. The van der Waals surface area contributed by atoms with Crippen molar-refractivity contribution in [2.75, 3.05) is 5.32 Å². The van der Waals surface area contributed by atoms with Crippen molar-refractivity contribution in [3.63, 3.8) is 0 Å². The van der Waals surface area contributed by atoms with Crippen LogP contribution in [0.25, 0.3) is 11.3 Å². The van der Waals surface area contributed by atoms with Gasteiger partial charge in [0.25, 0.3) is 0 Å². The highest BCUT2D eigenvalue weighted by molar-refractivity contribution is 7.14. The number of anilines is 1. The molecule has 1 amide bonds. The van der Waals surface area contributed by atoms with E-state index in [0.717, 1.165) is 23.6 Å². The van der Waals surface area contributed by atoms with Crippen LogP contribution < -0.4 is 5.32 Å². The van der Waals surface area contributed by atoms with Crippen LogP contribution in [0.2, 0.25) is 0 Å². The number of aromatic nitrogens is 1. The van der Waals surface area contributed by atoms with E-state index in [-0.39, 0.29) is 11.7 Å². The third-order valence-corrected chi connectivity index (χ3v) is 4.90. The van der Waals surface area contributed by atoms with Crippen LogP contribution in [0.1, 0.15) is 38.5 Å². The number of thiazole rings is 1. The van der Waals surface area contributed by atoms with E-state index in [1.807, 2.05) is 5.38 Å². The molecule has 1 aliphatic rings. The molecule has 2 aromatic rings. The molecule has 0 radical (unpaired) electrons. The molecule has 1 fully saturated rings. The van der Waals surface area contributed by atoms with Gasteiger partial charge in [0.15, 0.2) is 5.13 Å². The molecule has 0 atom stereocenters. The van der Waals surface area contributed by atoms with Gasteiger partial charge in [-0.05, 0) is 36.6 Å². The maximum atomic E-state index is 12.9. The Labute approximate surface area is 133 Å². The van der Waals surface area contributed by atoms with Crippen molar-refractivity contribution in [2.45, 2.75) is 38.5 Å². The van der Waals surface area contributed by atoms with Crippen LogP contribution in [0, 0.1) is 11.7 Å². The third kappa shape index (κ3) is 3.91. The number of rotatable bonds is 5. The average molecular weight is 318 g/mol. The third-order valence-electron chi connectivity index (χ3n) is 4.14. The number of benzene rings is 1. The van der Waals surface area contributed by atoms with Crippen molar-refractivity contribution in [2.24, 2.45) is 5.92 Å². The molecular weight excluding hydrogens is 299 g/mol. The highest BCUT2D eigenvalue weighted by Gasteiger charge is 2.16. The quantitative estimate of drug-likeness (QED) is 0.855. The molecule has 1 aromatic heterocycles. The van der Waals surface area contributed by atoms with E-state index in [4.69, 9.17) is 0 Å². The number of carbonyl (C=O) groups is 1. The molecule has 3 nitrogen and oxygen atoms in total. The van der Waals surface area contributed by atoms with E-state index in [0.29, 0.717) is 11.6 Å².